The zero-order valence-corrected chi connectivity index (χ0v) is 8.79. The number of hydrogen-bond donors (Lipinski definition) is 3. The van der Waals surface area contributed by atoms with Gasteiger partial charge in [0.1, 0.15) is 0 Å². The molecule has 2 aliphatic heterocycles. The highest BCUT2D eigenvalue weighted by Gasteiger charge is 2.50. The van der Waals surface area contributed by atoms with Crippen molar-refractivity contribution in [3.05, 3.63) is 29.8 Å². The van der Waals surface area contributed by atoms with E-state index in [1.807, 2.05) is 24.3 Å². The lowest BCUT2D eigenvalue weighted by atomic mass is 9.80. The zero-order chi connectivity index (χ0) is 11.2. The van der Waals surface area contributed by atoms with Crippen LogP contribution in [0.4, 0.5) is 5.69 Å². The second-order valence-electron chi connectivity index (χ2n) is 4.44. The van der Waals surface area contributed by atoms with Crippen LogP contribution in [0.3, 0.4) is 0 Å². The molecule has 3 N–H and O–H groups in total. The van der Waals surface area contributed by atoms with Crippen LogP contribution in [0.2, 0.25) is 0 Å². The lowest BCUT2D eigenvalue weighted by molar-refractivity contribution is -0.120. The quantitative estimate of drug-likeness (QED) is 0.609. The third-order valence-electron chi connectivity index (χ3n) is 3.56. The summed E-state index contributed by atoms with van der Waals surface area (Å²) in [6.45, 7) is 0.621. The van der Waals surface area contributed by atoms with Crippen LogP contribution in [-0.4, -0.2) is 24.7 Å². The molecule has 0 unspecified atom stereocenters. The highest BCUT2D eigenvalue weighted by molar-refractivity contribution is 6.07. The molecule has 0 aromatic heterocycles. The Balaban J connectivity index is 2.08. The van der Waals surface area contributed by atoms with Gasteiger partial charge in [-0.2, -0.15) is 0 Å². The molecule has 0 aliphatic carbocycles. The van der Waals surface area contributed by atoms with E-state index in [9.17, 15) is 4.79 Å². The van der Waals surface area contributed by atoms with E-state index < -0.39 is 5.41 Å². The van der Waals surface area contributed by atoms with Crippen molar-refractivity contribution in [3.8, 4) is 0 Å². The number of hydrogen-bond acceptors (Lipinski definition) is 3. The minimum absolute atomic E-state index is 0.0110. The van der Waals surface area contributed by atoms with Crippen LogP contribution >= 0.6 is 0 Å². The monoisotopic (exact) mass is 215 g/mol. The van der Waals surface area contributed by atoms with Gasteiger partial charge in [0.2, 0.25) is 5.91 Å². The molecule has 82 valence electrons. The van der Waals surface area contributed by atoms with E-state index >= 15 is 0 Å². The van der Waals surface area contributed by atoms with E-state index in [-0.39, 0.29) is 11.9 Å². The Morgan fingerprint density at radius 2 is 2.25 bits per heavy atom. The molecular weight excluding hydrogens is 202 g/mol. The summed E-state index contributed by atoms with van der Waals surface area (Å²) < 4.78 is 0. The van der Waals surface area contributed by atoms with Crippen molar-refractivity contribution in [2.24, 2.45) is 0 Å². The van der Waals surface area contributed by atoms with Crippen molar-refractivity contribution in [2.45, 2.75) is 17.9 Å². The summed E-state index contributed by atoms with van der Waals surface area (Å²) in [5.41, 5.74) is 1.52. The second-order valence-corrected chi connectivity index (χ2v) is 4.44. The molecule has 16 heavy (non-hydrogen) atoms. The van der Waals surface area contributed by atoms with E-state index in [0.717, 1.165) is 11.3 Å². The van der Waals surface area contributed by atoms with Gasteiger partial charge in [0.25, 0.3) is 0 Å². The normalized spacial score (nSPS) is 31.5. The van der Waals surface area contributed by atoms with Crippen molar-refractivity contribution in [1.29, 1.82) is 5.41 Å². The van der Waals surface area contributed by atoms with E-state index in [2.05, 4.69) is 10.6 Å². The van der Waals surface area contributed by atoms with Crippen LogP contribution in [0.15, 0.2) is 24.3 Å². The highest BCUT2D eigenvalue weighted by Crippen LogP contribution is 2.42. The fourth-order valence-electron chi connectivity index (χ4n) is 2.69. The Labute approximate surface area is 93.6 Å². The predicted molar refractivity (Wildman–Crippen MR) is 61.9 cm³/mol. The maximum absolute atomic E-state index is 12.1. The summed E-state index contributed by atoms with van der Waals surface area (Å²) in [7, 11) is 0. The molecule has 1 aromatic carbocycles. The first kappa shape index (κ1) is 9.54. The van der Waals surface area contributed by atoms with E-state index in [4.69, 9.17) is 5.41 Å². The van der Waals surface area contributed by atoms with Crippen molar-refractivity contribution in [1.82, 2.24) is 5.32 Å². The molecule has 1 spiro atoms. The molecule has 3 rings (SSSR count). The van der Waals surface area contributed by atoms with Crippen LogP contribution in [0.5, 0.6) is 0 Å². The van der Waals surface area contributed by atoms with Crippen LogP contribution in [0.25, 0.3) is 0 Å². The Morgan fingerprint density at radius 3 is 3.00 bits per heavy atom. The number of carbonyl (C=O) groups is 1. The molecule has 2 atom stereocenters. The minimum Gasteiger partial charge on any atom is -0.325 e. The number of nitrogens with one attached hydrogen (secondary N) is 3. The summed E-state index contributed by atoms with van der Waals surface area (Å²) in [5.74, 6) is 0.0607. The Bertz CT molecular complexity index is 471. The number of para-hydroxylation sites is 1. The number of benzene rings is 1. The molecule has 4 nitrogen and oxygen atoms in total. The Hall–Kier alpha value is -1.68. The smallest absolute Gasteiger partial charge is 0.236 e. The molecule has 1 aromatic rings. The third-order valence-corrected chi connectivity index (χ3v) is 3.56. The molecule has 2 aliphatic rings. The standard InChI is InChI=1S/C12H13N3O/c13-6-8-5-12(7-14-8)9-3-1-2-4-10(9)15-11(12)16/h1-4,6,8,13-14H,5,7H2,(H,15,16)/t8-,12-/m0/s1. The lowest BCUT2D eigenvalue weighted by Crippen LogP contribution is -2.36. The first-order valence-electron chi connectivity index (χ1n) is 5.41. The van der Waals surface area contributed by atoms with Crippen LogP contribution in [0.1, 0.15) is 12.0 Å². The van der Waals surface area contributed by atoms with E-state index in [1.54, 1.807) is 0 Å². The van der Waals surface area contributed by atoms with Gasteiger partial charge in [-0.1, -0.05) is 18.2 Å². The first-order chi connectivity index (χ1) is 7.76. The SMILES string of the molecule is N=C[C@@H]1C[C@@]2(CN1)C(=O)Nc1ccccc12. The van der Waals surface area contributed by atoms with Crippen LogP contribution in [0, 0.1) is 5.41 Å². The number of rotatable bonds is 1. The highest BCUT2D eigenvalue weighted by atomic mass is 16.2. The molecule has 4 heteroatoms. The molecule has 0 bridgehead atoms. The van der Waals surface area contributed by atoms with Crippen molar-refractivity contribution < 1.29 is 4.79 Å². The van der Waals surface area contributed by atoms with Crippen LogP contribution < -0.4 is 10.6 Å². The average Bonchev–Trinajstić information content (AvgIpc) is 2.85. The molecule has 0 saturated carbocycles. The molecule has 1 amide bonds. The summed E-state index contributed by atoms with van der Waals surface area (Å²) in [5, 5.41) is 13.4. The summed E-state index contributed by atoms with van der Waals surface area (Å²) >= 11 is 0. The maximum Gasteiger partial charge on any atom is 0.236 e. The summed E-state index contributed by atoms with van der Waals surface area (Å²) in [6, 6.07) is 7.82. The average molecular weight is 215 g/mol. The van der Waals surface area contributed by atoms with Gasteiger partial charge in [-0.3, -0.25) is 4.79 Å². The van der Waals surface area contributed by atoms with Gasteiger partial charge in [0.05, 0.1) is 5.41 Å². The Morgan fingerprint density at radius 1 is 1.44 bits per heavy atom. The summed E-state index contributed by atoms with van der Waals surface area (Å²) in [6.07, 6.45) is 2.06. The number of anilines is 1. The van der Waals surface area contributed by atoms with Gasteiger partial charge in [0.15, 0.2) is 0 Å². The van der Waals surface area contributed by atoms with Gasteiger partial charge in [-0.05, 0) is 18.1 Å². The van der Waals surface area contributed by atoms with E-state index in [0.29, 0.717) is 13.0 Å². The van der Waals surface area contributed by atoms with Crippen molar-refractivity contribution in [2.75, 3.05) is 11.9 Å². The molecule has 1 saturated heterocycles. The van der Waals surface area contributed by atoms with E-state index in [1.165, 1.54) is 6.21 Å². The molecule has 0 radical (unpaired) electrons. The van der Waals surface area contributed by atoms with Gasteiger partial charge in [-0.25, -0.2) is 0 Å². The van der Waals surface area contributed by atoms with Gasteiger partial charge in [0, 0.05) is 24.5 Å². The number of carbonyl (C=O) groups excluding carboxylic acids is 1. The Kier molecular flexibility index (Phi) is 1.88. The summed E-state index contributed by atoms with van der Waals surface area (Å²) in [4.78, 5) is 12.1. The fraction of sp³-hybridized carbons (Fsp3) is 0.333. The largest absolute Gasteiger partial charge is 0.325 e. The lowest BCUT2D eigenvalue weighted by Gasteiger charge is -2.19. The maximum atomic E-state index is 12.1. The second kappa shape index (κ2) is 3.15. The minimum atomic E-state index is -0.460. The van der Waals surface area contributed by atoms with Gasteiger partial charge >= 0.3 is 0 Å². The van der Waals surface area contributed by atoms with Gasteiger partial charge < -0.3 is 16.0 Å². The van der Waals surface area contributed by atoms with Crippen molar-refractivity contribution >= 4 is 17.8 Å². The topological polar surface area (TPSA) is 65.0 Å². The van der Waals surface area contributed by atoms with Crippen molar-refractivity contribution in [3.63, 3.8) is 0 Å². The molecule has 2 heterocycles. The van der Waals surface area contributed by atoms with Crippen LogP contribution in [-0.2, 0) is 10.2 Å². The zero-order valence-electron chi connectivity index (χ0n) is 8.79. The number of fused-ring (bicyclic) bond motifs is 2. The van der Waals surface area contributed by atoms with Gasteiger partial charge in [-0.15, -0.1) is 0 Å². The predicted octanol–water partition coefficient (Wildman–Crippen LogP) is 0.888. The first-order valence-corrected chi connectivity index (χ1v) is 5.41. The number of amides is 1. The fourth-order valence-corrected chi connectivity index (χ4v) is 2.69. The molecular formula is C12H13N3O. The molecule has 1 fully saturated rings. The third kappa shape index (κ3) is 1.08.